The van der Waals surface area contributed by atoms with E-state index in [0.29, 0.717) is 5.56 Å². The van der Waals surface area contributed by atoms with Crippen LogP contribution < -0.4 is 5.73 Å². The second kappa shape index (κ2) is 7.26. The van der Waals surface area contributed by atoms with Gasteiger partial charge < -0.3 is 15.7 Å². The molecule has 20 heavy (non-hydrogen) atoms. The van der Waals surface area contributed by atoms with Gasteiger partial charge in [0.1, 0.15) is 5.82 Å². The number of nitrogens with two attached hydrogens (primary N) is 1. The van der Waals surface area contributed by atoms with Crippen LogP contribution in [0.4, 0.5) is 4.39 Å². The minimum absolute atomic E-state index is 0.0548. The van der Waals surface area contributed by atoms with E-state index in [0.717, 1.165) is 11.0 Å². The van der Waals surface area contributed by atoms with Crippen molar-refractivity contribution in [1.29, 1.82) is 0 Å². The predicted molar refractivity (Wildman–Crippen MR) is 71.1 cm³/mol. The first-order chi connectivity index (χ1) is 9.45. The summed E-state index contributed by atoms with van der Waals surface area (Å²) in [6.07, 6.45) is 0.252. The molecule has 0 saturated heterocycles. The lowest BCUT2D eigenvalue weighted by Crippen LogP contribution is -2.35. The third-order valence-electron chi connectivity index (χ3n) is 2.41. The molecule has 0 aromatic heterocycles. The van der Waals surface area contributed by atoms with Gasteiger partial charge in [0.25, 0.3) is 5.91 Å². The highest BCUT2D eigenvalue weighted by atomic mass is 19.1. The Balaban J connectivity index is 3.09. The Morgan fingerprint density at radius 2 is 2.15 bits per heavy atom. The molecular weight excluding hydrogens is 263 g/mol. The molecule has 0 fully saturated rings. The largest absolute Gasteiger partial charge is 0.395 e. The van der Waals surface area contributed by atoms with Gasteiger partial charge in [-0.1, -0.05) is 11.8 Å². The normalized spacial score (nSPS) is 9.55. The molecule has 1 aromatic carbocycles. The van der Waals surface area contributed by atoms with Crippen molar-refractivity contribution >= 4 is 11.8 Å². The van der Waals surface area contributed by atoms with Crippen molar-refractivity contribution in [2.45, 2.75) is 6.42 Å². The van der Waals surface area contributed by atoms with E-state index in [1.807, 2.05) is 0 Å². The fourth-order valence-corrected chi connectivity index (χ4v) is 1.53. The second-order valence-corrected chi connectivity index (χ2v) is 4.09. The van der Waals surface area contributed by atoms with Crippen molar-refractivity contribution in [3.8, 4) is 11.8 Å². The van der Waals surface area contributed by atoms with E-state index in [2.05, 4.69) is 11.8 Å². The first-order valence-electron chi connectivity index (χ1n) is 5.88. The van der Waals surface area contributed by atoms with Crippen molar-refractivity contribution in [2.24, 2.45) is 5.73 Å². The van der Waals surface area contributed by atoms with E-state index < -0.39 is 17.6 Å². The van der Waals surface area contributed by atoms with E-state index in [1.165, 1.54) is 19.2 Å². The lowest BCUT2D eigenvalue weighted by molar-refractivity contribution is -0.118. The highest BCUT2D eigenvalue weighted by molar-refractivity contribution is 5.98. The summed E-state index contributed by atoms with van der Waals surface area (Å²) in [5.74, 6) is 3.57. The Labute approximate surface area is 116 Å². The van der Waals surface area contributed by atoms with Crippen molar-refractivity contribution in [3.63, 3.8) is 0 Å². The van der Waals surface area contributed by atoms with Crippen molar-refractivity contribution < 1.29 is 19.1 Å². The fourth-order valence-electron chi connectivity index (χ4n) is 1.53. The van der Waals surface area contributed by atoms with Gasteiger partial charge in [0.2, 0.25) is 5.91 Å². The van der Waals surface area contributed by atoms with Crippen molar-refractivity contribution in [3.05, 3.63) is 35.1 Å². The smallest absolute Gasteiger partial charge is 0.255 e. The standard InChI is InChI=1S/C14H15FN2O3/c1-17(9-13(16)19)14(20)12-8-11(15)6-5-10(12)4-2-3-7-18/h5-6,8,18H,3,7,9H2,1H3,(H2,16,19). The number of carbonyl (C=O) groups is 2. The van der Waals surface area contributed by atoms with Crippen LogP contribution in [0.2, 0.25) is 0 Å². The summed E-state index contributed by atoms with van der Waals surface area (Å²) in [7, 11) is 1.39. The fraction of sp³-hybridized carbons (Fsp3) is 0.286. The van der Waals surface area contributed by atoms with Gasteiger partial charge in [-0.05, 0) is 18.2 Å². The molecule has 6 heteroatoms. The van der Waals surface area contributed by atoms with Crippen LogP contribution in [0.1, 0.15) is 22.3 Å². The van der Waals surface area contributed by atoms with Crippen LogP contribution >= 0.6 is 0 Å². The van der Waals surface area contributed by atoms with Gasteiger partial charge in [-0.25, -0.2) is 4.39 Å². The summed E-state index contributed by atoms with van der Waals surface area (Å²) in [6.45, 7) is -0.363. The van der Waals surface area contributed by atoms with Crippen LogP contribution in [0, 0.1) is 17.7 Å². The van der Waals surface area contributed by atoms with Crippen molar-refractivity contribution in [1.82, 2.24) is 4.90 Å². The zero-order valence-corrected chi connectivity index (χ0v) is 11.0. The summed E-state index contributed by atoms with van der Waals surface area (Å²) >= 11 is 0. The van der Waals surface area contributed by atoms with Gasteiger partial charge in [0, 0.05) is 19.0 Å². The number of likely N-dealkylation sites (N-methyl/N-ethyl adjacent to an activating group) is 1. The Hall–Kier alpha value is -2.39. The molecule has 3 N–H and O–H groups in total. The quantitative estimate of drug-likeness (QED) is 0.767. The SMILES string of the molecule is CN(CC(N)=O)C(=O)c1cc(F)ccc1C#CCCO. The van der Waals surface area contributed by atoms with Crippen LogP contribution in [-0.4, -0.2) is 42.0 Å². The van der Waals surface area contributed by atoms with Crippen LogP contribution in [-0.2, 0) is 4.79 Å². The molecule has 1 aromatic rings. The number of aliphatic hydroxyl groups excluding tert-OH is 1. The molecule has 0 atom stereocenters. The van der Waals surface area contributed by atoms with Crippen LogP contribution in [0.15, 0.2) is 18.2 Å². The van der Waals surface area contributed by atoms with E-state index in [1.54, 1.807) is 0 Å². The van der Waals surface area contributed by atoms with Gasteiger partial charge >= 0.3 is 0 Å². The summed E-state index contributed by atoms with van der Waals surface area (Å²) in [6, 6.07) is 3.63. The Morgan fingerprint density at radius 3 is 2.75 bits per heavy atom. The van der Waals surface area contributed by atoms with E-state index in [-0.39, 0.29) is 25.1 Å². The number of hydrogen-bond acceptors (Lipinski definition) is 3. The molecule has 0 unspecified atom stereocenters. The van der Waals surface area contributed by atoms with Gasteiger partial charge in [-0.3, -0.25) is 9.59 Å². The summed E-state index contributed by atoms with van der Waals surface area (Å²) in [5, 5.41) is 8.67. The molecular formula is C14H15FN2O3. The summed E-state index contributed by atoms with van der Waals surface area (Å²) < 4.78 is 13.3. The van der Waals surface area contributed by atoms with Crippen LogP contribution in [0.5, 0.6) is 0 Å². The zero-order chi connectivity index (χ0) is 15.1. The number of primary amides is 1. The highest BCUT2D eigenvalue weighted by Crippen LogP contribution is 2.13. The number of nitrogens with zero attached hydrogens (tertiary/aromatic N) is 1. The third-order valence-corrected chi connectivity index (χ3v) is 2.41. The second-order valence-electron chi connectivity index (χ2n) is 4.09. The molecule has 0 aliphatic rings. The highest BCUT2D eigenvalue weighted by Gasteiger charge is 2.17. The molecule has 5 nitrogen and oxygen atoms in total. The minimum atomic E-state index is -0.662. The molecule has 1 rings (SSSR count). The topological polar surface area (TPSA) is 83.6 Å². The lowest BCUT2D eigenvalue weighted by Gasteiger charge is -2.16. The molecule has 2 amide bonds. The molecule has 0 aliphatic heterocycles. The van der Waals surface area contributed by atoms with Gasteiger partial charge in [-0.15, -0.1) is 0 Å². The molecule has 0 spiro atoms. The Bertz CT molecular complexity index is 576. The number of benzene rings is 1. The third kappa shape index (κ3) is 4.37. The first kappa shape index (κ1) is 15.7. The first-order valence-corrected chi connectivity index (χ1v) is 5.88. The molecule has 0 heterocycles. The summed E-state index contributed by atoms with van der Waals surface area (Å²) in [4.78, 5) is 24.0. The average molecular weight is 278 g/mol. The molecule has 0 saturated carbocycles. The van der Waals surface area contributed by atoms with E-state index in [9.17, 15) is 14.0 Å². The van der Waals surface area contributed by atoms with Gasteiger partial charge in [0.05, 0.1) is 18.7 Å². The molecule has 0 aliphatic carbocycles. The van der Waals surface area contributed by atoms with E-state index >= 15 is 0 Å². The average Bonchev–Trinajstić information content (AvgIpc) is 2.39. The van der Waals surface area contributed by atoms with E-state index in [4.69, 9.17) is 10.8 Å². The van der Waals surface area contributed by atoms with Gasteiger partial charge in [0.15, 0.2) is 0 Å². The molecule has 0 bridgehead atoms. The maximum atomic E-state index is 13.3. The Kier molecular flexibility index (Phi) is 5.69. The lowest BCUT2D eigenvalue weighted by atomic mass is 10.1. The molecule has 106 valence electrons. The summed E-state index contributed by atoms with van der Waals surface area (Å²) in [5.41, 5.74) is 5.40. The predicted octanol–water partition coefficient (Wildman–Crippen LogP) is 0.117. The number of aliphatic hydroxyl groups is 1. The number of amides is 2. The minimum Gasteiger partial charge on any atom is -0.395 e. The number of rotatable bonds is 4. The zero-order valence-electron chi connectivity index (χ0n) is 11.0. The van der Waals surface area contributed by atoms with Crippen LogP contribution in [0.25, 0.3) is 0 Å². The maximum Gasteiger partial charge on any atom is 0.255 e. The number of hydrogen-bond donors (Lipinski definition) is 2. The van der Waals surface area contributed by atoms with Crippen LogP contribution in [0.3, 0.4) is 0 Å². The number of carbonyl (C=O) groups excluding carboxylic acids is 2. The van der Waals surface area contributed by atoms with Crippen molar-refractivity contribution in [2.75, 3.05) is 20.2 Å². The maximum absolute atomic E-state index is 13.3. The number of halogens is 1. The Morgan fingerprint density at radius 1 is 1.45 bits per heavy atom. The van der Waals surface area contributed by atoms with Gasteiger partial charge in [-0.2, -0.15) is 0 Å². The monoisotopic (exact) mass is 278 g/mol. The molecule has 0 radical (unpaired) electrons.